The first kappa shape index (κ1) is 19.1. The van der Waals surface area contributed by atoms with Crippen LogP contribution in [0.1, 0.15) is 10.5 Å². The van der Waals surface area contributed by atoms with E-state index in [4.69, 9.17) is 15.2 Å². The van der Waals surface area contributed by atoms with Crippen molar-refractivity contribution in [1.29, 1.82) is 0 Å². The third kappa shape index (κ3) is 3.31. The Morgan fingerprint density at radius 2 is 1.86 bits per heavy atom. The molecule has 0 saturated heterocycles. The van der Waals surface area contributed by atoms with Gasteiger partial charge in [0.15, 0.2) is 17.3 Å². The van der Waals surface area contributed by atoms with Crippen LogP contribution in [0, 0.1) is 11.6 Å². The predicted octanol–water partition coefficient (Wildman–Crippen LogP) is 2.61. The number of pyridine rings is 1. The van der Waals surface area contributed by atoms with Gasteiger partial charge in [0.05, 0.1) is 38.0 Å². The Morgan fingerprint density at radius 1 is 1.18 bits per heavy atom. The monoisotopic (exact) mass is 389 g/mol. The molecule has 2 aromatic heterocycles. The van der Waals surface area contributed by atoms with E-state index in [1.54, 1.807) is 25.2 Å². The summed E-state index contributed by atoms with van der Waals surface area (Å²) in [6.45, 7) is 0. The number of anilines is 2. The molecular formula is C18H17F2N5O3. The minimum Gasteiger partial charge on any atom is -0.497 e. The summed E-state index contributed by atoms with van der Waals surface area (Å²) in [7, 11) is 4.57. The Labute approximate surface area is 158 Å². The maximum Gasteiger partial charge on any atom is 0.278 e. The van der Waals surface area contributed by atoms with Crippen molar-refractivity contribution in [2.45, 2.75) is 0 Å². The first-order valence-electron chi connectivity index (χ1n) is 8.02. The predicted molar refractivity (Wildman–Crippen MR) is 98.3 cm³/mol. The number of nitrogens with two attached hydrogens (primary N) is 1. The Bertz CT molecular complexity index is 1030. The van der Waals surface area contributed by atoms with E-state index < -0.39 is 23.2 Å². The number of methoxy groups -OCH3 is 2. The first-order chi connectivity index (χ1) is 13.4. The minimum atomic E-state index is -1.02. The highest BCUT2D eigenvalue weighted by atomic mass is 19.1. The number of benzene rings is 1. The molecule has 0 unspecified atom stereocenters. The van der Waals surface area contributed by atoms with Crippen molar-refractivity contribution in [2.75, 3.05) is 25.3 Å². The van der Waals surface area contributed by atoms with Gasteiger partial charge in [-0.15, -0.1) is 0 Å². The standard InChI is InChI=1S/C18H17F2N5O3/c1-25-17(10-6-9(27-2)4-5-13(10)28-3)14(21)16(24-25)18(26)23-15-11(19)7-22-8-12(15)20/h4-8H,21H2,1-3H3,(H,22,23,26). The van der Waals surface area contributed by atoms with Gasteiger partial charge in [-0.1, -0.05) is 0 Å². The van der Waals surface area contributed by atoms with Crippen LogP contribution in [0.3, 0.4) is 0 Å². The van der Waals surface area contributed by atoms with E-state index in [1.165, 1.54) is 18.9 Å². The third-order valence-corrected chi connectivity index (χ3v) is 4.05. The van der Waals surface area contributed by atoms with Gasteiger partial charge >= 0.3 is 0 Å². The average molecular weight is 389 g/mol. The quantitative estimate of drug-likeness (QED) is 0.695. The summed E-state index contributed by atoms with van der Waals surface area (Å²) in [6.07, 6.45) is 1.57. The van der Waals surface area contributed by atoms with Crippen LogP contribution in [-0.4, -0.2) is 34.9 Å². The maximum absolute atomic E-state index is 13.8. The second-order valence-corrected chi connectivity index (χ2v) is 5.73. The molecule has 10 heteroatoms. The lowest BCUT2D eigenvalue weighted by atomic mass is 10.1. The van der Waals surface area contributed by atoms with Gasteiger partial charge in [0.25, 0.3) is 5.91 Å². The van der Waals surface area contributed by atoms with Crippen molar-refractivity contribution in [3.05, 3.63) is 47.9 Å². The molecule has 0 aliphatic heterocycles. The fraction of sp³-hybridized carbons (Fsp3) is 0.167. The molecule has 2 heterocycles. The molecule has 1 aromatic carbocycles. The summed E-state index contributed by atoms with van der Waals surface area (Å²) in [5, 5.41) is 6.23. The molecule has 0 saturated carbocycles. The number of halogens is 2. The Kier molecular flexibility index (Phi) is 5.12. The molecule has 146 valence electrons. The SMILES string of the molecule is COc1ccc(OC)c(-c2c(N)c(C(=O)Nc3c(F)cncc3F)nn2C)c1. The topological polar surface area (TPSA) is 104 Å². The second-order valence-electron chi connectivity index (χ2n) is 5.73. The molecule has 28 heavy (non-hydrogen) atoms. The molecule has 0 aliphatic carbocycles. The lowest BCUT2D eigenvalue weighted by molar-refractivity contribution is 0.102. The molecule has 0 bridgehead atoms. The van der Waals surface area contributed by atoms with Crippen molar-refractivity contribution in [3.63, 3.8) is 0 Å². The first-order valence-corrected chi connectivity index (χ1v) is 8.02. The highest BCUT2D eigenvalue weighted by Gasteiger charge is 2.24. The van der Waals surface area contributed by atoms with Crippen LogP contribution in [-0.2, 0) is 7.05 Å². The number of aromatic nitrogens is 3. The fourth-order valence-corrected chi connectivity index (χ4v) is 2.73. The molecule has 0 fully saturated rings. The van der Waals surface area contributed by atoms with Crippen molar-refractivity contribution in [1.82, 2.24) is 14.8 Å². The van der Waals surface area contributed by atoms with Crippen molar-refractivity contribution >= 4 is 17.3 Å². The van der Waals surface area contributed by atoms with Crippen LogP contribution in [0.15, 0.2) is 30.6 Å². The van der Waals surface area contributed by atoms with Gasteiger partial charge in [-0.3, -0.25) is 14.5 Å². The Hall–Kier alpha value is -3.69. The highest BCUT2D eigenvalue weighted by molar-refractivity contribution is 6.08. The van der Waals surface area contributed by atoms with Crippen LogP contribution < -0.4 is 20.5 Å². The highest BCUT2D eigenvalue weighted by Crippen LogP contribution is 2.37. The molecule has 1 amide bonds. The van der Waals surface area contributed by atoms with Crippen LogP contribution >= 0.6 is 0 Å². The summed E-state index contributed by atoms with van der Waals surface area (Å²) in [5.41, 5.74) is 6.25. The third-order valence-electron chi connectivity index (χ3n) is 4.05. The van der Waals surface area contributed by atoms with Crippen LogP contribution in [0.5, 0.6) is 11.5 Å². The van der Waals surface area contributed by atoms with Crippen LogP contribution in [0.25, 0.3) is 11.3 Å². The van der Waals surface area contributed by atoms with E-state index >= 15 is 0 Å². The van der Waals surface area contributed by atoms with E-state index in [9.17, 15) is 13.6 Å². The second kappa shape index (κ2) is 7.51. The molecule has 0 atom stereocenters. The van der Waals surface area contributed by atoms with Gasteiger partial charge in [-0.05, 0) is 18.2 Å². The normalized spacial score (nSPS) is 10.6. The summed E-state index contributed by atoms with van der Waals surface area (Å²) in [6, 6.07) is 5.07. The molecule has 3 aromatic rings. The fourth-order valence-electron chi connectivity index (χ4n) is 2.73. The summed E-state index contributed by atoms with van der Waals surface area (Å²) in [4.78, 5) is 15.9. The number of aryl methyl sites for hydroxylation is 1. The number of amides is 1. The van der Waals surface area contributed by atoms with Crippen molar-refractivity contribution in [2.24, 2.45) is 7.05 Å². The van der Waals surface area contributed by atoms with Crippen molar-refractivity contribution < 1.29 is 23.0 Å². The van der Waals surface area contributed by atoms with Gasteiger partial charge < -0.3 is 20.5 Å². The summed E-state index contributed by atoms with van der Waals surface area (Å²) in [5.74, 6) is -1.88. The number of hydrogen-bond acceptors (Lipinski definition) is 6. The van der Waals surface area contributed by atoms with E-state index in [1.807, 2.05) is 0 Å². The number of nitrogens with zero attached hydrogens (tertiary/aromatic N) is 3. The number of hydrogen-bond donors (Lipinski definition) is 2. The zero-order chi connectivity index (χ0) is 20.4. The van der Waals surface area contributed by atoms with Crippen LogP contribution in [0.4, 0.5) is 20.2 Å². The zero-order valence-corrected chi connectivity index (χ0v) is 15.3. The van der Waals surface area contributed by atoms with E-state index in [0.717, 1.165) is 12.4 Å². The Balaban J connectivity index is 2.04. The van der Waals surface area contributed by atoms with Crippen LogP contribution in [0.2, 0.25) is 0 Å². The maximum atomic E-state index is 13.8. The van der Waals surface area contributed by atoms with E-state index in [-0.39, 0.29) is 11.4 Å². The minimum absolute atomic E-state index is 0.0152. The average Bonchev–Trinajstić information content (AvgIpc) is 2.98. The molecular weight excluding hydrogens is 372 g/mol. The zero-order valence-electron chi connectivity index (χ0n) is 15.3. The van der Waals surface area contributed by atoms with Gasteiger partial charge in [0.2, 0.25) is 0 Å². The van der Waals surface area contributed by atoms with Gasteiger partial charge in [0.1, 0.15) is 17.2 Å². The number of carbonyl (C=O) groups excluding carboxylic acids is 1. The Morgan fingerprint density at radius 3 is 2.46 bits per heavy atom. The molecule has 0 spiro atoms. The van der Waals surface area contributed by atoms with Gasteiger partial charge in [-0.25, -0.2) is 8.78 Å². The number of nitrogen functional groups attached to an aromatic ring is 1. The molecule has 3 N–H and O–H groups in total. The number of ether oxygens (including phenoxy) is 2. The van der Waals surface area contributed by atoms with E-state index in [0.29, 0.717) is 22.8 Å². The largest absolute Gasteiger partial charge is 0.497 e. The number of carbonyl (C=O) groups is 1. The van der Waals surface area contributed by atoms with Gasteiger partial charge in [0, 0.05) is 12.6 Å². The lowest BCUT2D eigenvalue weighted by Crippen LogP contribution is -2.16. The molecule has 0 aliphatic rings. The molecule has 8 nitrogen and oxygen atoms in total. The molecule has 0 radical (unpaired) electrons. The smallest absolute Gasteiger partial charge is 0.278 e. The number of nitrogens with one attached hydrogen (secondary N) is 1. The molecule has 3 rings (SSSR count). The number of rotatable bonds is 5. The lowest BCUT2D eigenvalue weighted by Gasteiger charge is -2.11. The summed E-state index contributed by atoms with van der Waals surface area (Å²) < 4.78 is 39.5. The van der Waals surface area contributed by atoms with E-state index in [2.05, 4.69) is 15.4 Å². The van der Waals surface area contributed by atoms with Crippen molar-refractivity contribution in [3.8, 4) is 22.8 Å². The summed E-state index contributed by atoms with van der Waals surface area (Å²) >= 11 is 0. The van der Waals surface area contributed by atoms with Gasteiger partial charge in [-0.2, -0.15) is 5.10 Å².